The van der Waals surface area contributed by atoms with Gasteiger partial charge >= 0.3 is 0 Å². The van der Waals surface area contributed by atoms with E-state index in [4.69, 9.17) is 9.47 Å². The molecule has 1 rings (SSSR count). The van der Waals surface area contributed by atoms with E-state index in [1.165, 1.54) is 38.5 Å². The maximum Gasteiger partial charge on any atom is 0.107 e. The lowest BCUT2D eigenvalue weighted by atomic mass is 9.91. The van der Waals surface area contributed by atoms with Crippen molar-refractivity contribution in [1.29, 1.82) is 0 Å². The van der Waals surface area contributed by atoms with Crippen molar-refractivity contribution in [3.63, 3.8) is 0 Å². The molecule has 0 unspecified atom stereocenters. The summed E-state index contributed by atoms with van der Waals surface area (Å²) in [6, 6.07) is 0. The molecule has 21 heavy (non-hydrogen) atoms. The standard InChI is InChI=1S/C18H36O3/c1-4-6-7-8-9-10-11-12-16-17(19)18(20-13-5-2)15(3)14-21-16/h15-19H,4-14H2,1-3H3/t15-,16-,17-,18-/m0/s1. The van der Waals surface area contributed by atoms with Crippen molar-refractivity contribution in [2.45, 2.75) is 96.9 Å². The number of unbranched alkanes of at least 4 members (excludes halogenated alkanes) is 6. The minimum atomic E-state index is -0.458. The first-order valence-electron chi connectivity index (χ1n) is 9.12. The summed E-state index contributed by atoms with van der Waals surface area (Å²) in [5.41, 5.74) is 0. The summed E-state index contributed by atoms with van der Waals surface area (Å²) in [6.07, 6.45) is 10.5. The Kier molecular flexibility index (Phi) is 10.3. The number of rotatable bonds is 11. The maximum absolute atomic E-state index is 10.4. The van der Waals surface area contributed by atoms with Gasteiger partial charge < -0.3 is 14.6 Å². The average molecular weight is 300 g/mol. The van der Waals surface area contributed by atoms with E-state index in [9.17, 15) is 5.11 Å². The maximum atomic E-state index is 10.4. The van der Waals surface area contributed by atoms with Crippen LogP contribution in [0.25, 0.3) is 0 Å². The highest BCUT2D eigenvalue weighted by Gasteiger charge is 2.37. The number of aliphatic hydroxyl groups is 1. The molecule has 4 atom stereocenters. The highest BCUT2D eigenvalue weighted by atomic mass is 16.5. The van der Waals surface area contributed by atoms with Crippen LogP contribution in [0.3, 0.4) is 0 Å². The van der Waals surface area contributed by atoms with E-state index in [1.54, 1.807) is 0 Å². The molecule has 3 nitrogen and oxygen atoms in total. The average Bonchev–Trinajstić information content (AvgIpc) is 2.48. The normalized spacial score (nSPS) is 29.7. The fourth-order valence-electron chi connectivity index (χ4n) is 3.09. The minimum absolute atomic E-state index is 0.0290. The Hall–Kier alpha value is -0.120. The van der Waals surface area contributed by atoms with E-state index in [2.05, 4.69) is 20.8 Å². The first kappa shape index (κ1) is 18.9. The third-order valence-electron chi connectivity index (χ3n) is 4.46. The molecule has 1 aliphatic rings. The van der Waals surface area contributed by atoms with Gasteiger partial charge in [0.05, 0.1) is 18.8 Å². The van der Waals surface area contributed by atoms with Gasteiger partial charge in [-0.25, -0.2) is 0 Å². The summed E-state index contributed by atoms with van der Waals surface area (Å²) < 4.78 is 11.7. The molecule has 3 heteroatoms. The molecule has 0 aromatic carbocycles. The highest BCUT2D eigenvalue weighted by molar-refractivity contribution is 4.86. The monoisotopic (exact) mass is 300 g/mol. The van der Waals surface area contributed by atoms with Crippen LogP contribution >= 0.6 is 0 Å². The van der Waals surface area contributed by atoms with Crippen LogP contribution in [0.1, 0.15) is 78.6 Å². The highest BCUT2D eigenvalue weighted by Crippen LogP contribution is 2.26. The lowest BCUT2D eigenvalue weighted by Crippen LogP contribution is -2.50. The van der Waals surface area contributed by atoms with Crippen molar-refractivity contribution in [2.24, 2.45) is 5.92 Å². The van der Waals surface area contributed by atoms with E-state index in [-0.39, 0.29) is 18.1 Å². The molecule has 1 aliphatic heterocycles. The third-order valence-corrected chi connectivity index (χ3v) is 4.46. The van der Waals surface area contributed by atoms with E-state index in [0.717, 1.165) is 25.9 Å². The summed E-state index contributed by atoms with van der Waals surface area (Å²) in [6.45, 7) is 7.91. The summed E-state index contributed by atoms with van der Waals surface area (Å²) in [4.78, 5) is 0. The molecular formula is C18H36O3. The van der Waals surface area contributed by atoms with Gasteiger partial charge in [-0.2, -0.15) is 0 Å². The zero-order valence-corrected chi connectivity index (χ0v) is 14.4. The Morgan fingerprint density at radius 3 is 2.33 bits per heavy atom. The van der Waals surface area contributed by atoms with Crippen LogP contribution in [-0.2, 0) is 9.47 Å². The predicted molar refractivity (Wildman–Crippen MR) is 87.6 cm³/mol. The largest absolute Gasteiger partial charge is 0.388 e. The fraction of sp³-hybridized carbons (Fsp3) is 1.00. The molecule has 0 saturated carbocycles. The van der Waals surface area contributed by atoms with Gasteiger partial charge in [-0.15, -0.1) is 0 Å². The SMILES string of the molecule is CCCCCCCCC[C@@H]1OC[C@H](C)[C@H](OCCC)[C@H]1O. The van der Waals surface area contributed by atoms with Gasteiger partial charge in [-0.1, -0.05) is 65.7 Å². The van der Waals surface area contributed by atoms with Crippen LogP contribution in [0.15, 0.2) is 0 Å². The van der Waals surface area contributed by atoms with Gasteiger partial charge in [0.2, 0.25) is 0 Å². The van der Waals surface area contributed by atoms with E-state index >= 15 is 0 Å². The first-order chi connectivity index (χ1) is 10.2. The zero-order chi connectivity index (χ0) is 15.5. The van der Waals surface area contributed by atoms with Gasteiger partial charge in [0, 0.05) is 12.5 Å². The predicted octanol–water partition coefficient (Wildman–Crippen LogP) is 4.32. The van der Waals surface area contributed by atoms with Gasteiger partial charge in [-0.3, -0.25) is 0 Å². The topological polar surface area (TPSA) is 38.7 Å². The fourth-order valence-corrected chi connectivity index (χ4v) is 3.09. The summed E-state index contributed by atoms with van der Waals surface area (Å²) in [5, 5.41) is 10.4. The molecule has 1 N–H and O–H groups in total. The quantitative estimate of drug-likeness (QED) is 0.578. The van der Waals surface area contributed by atoms with Crippen LogP contribution in [-0.4, -0.2) is 36.6 Å². The molecule has 0 aromatic rings. The Bertz CT molecular complexity index is 245. The summed E-state index contributed by atoms with van der Waals surface area (Å²) in [5.74, 6) is 0.289. The van der Waals surface area contributed by atoms with E-state index < -0.39 is 6.10 Å². The minimum Gasteiger partial charge on any atom is -0.388 e. The molecule has 0 bridgehead atoms. The molecule has 0 amide bonds. The van der Waals surface area contributed by atoms with Gasteiger partial charge in [0.25, 0.3) is 0 Å². The first-order valence-corrected chi connectivity index (χ1v) is 9.12. The van der Waals surface area contributed by atoms with Crippen molar-refractivity contribution < 1.29 is 14.6 Å². The van der Waals surface area contributed by atoms with Crippen LogP contribution in [0, 0.1) is 5.92 Å². The van der Waals surface area contributed by atoms with Crippen LogP contribution in [0.4, 0.5) is 0 Å². The number of hydrogen-bond acceptors (Lipinski definition) is 3. The number of aliphatic hydroxyl groups excluding tert-OH is 1. The molecule has 1 saturated heterocycles. The second-order valence-corrected chi connectivity index (χ2v) is 6.59. The Labute approximate surface area is 131 Å². The molecule has 126 valence electrons. The lowest BCUT2D eigenvalue weighted by molar-refractivity contribution is -0.180. The lowest BCUT2D eigenvalue weighted by Gasteiger charge is -2.39. The Morgan fingerprint density at radius 2 is 1.67 bits per heavy atom. The smallest absolute Gasteiger partial charge is 0.107 e. The second-order valence-electron chi connectivity index (χ2n) is 6.59. The van der Waals surface area contributed by atoms with Gasteiger partial charge in [0.1, 0.15) is 6.10 Å². The van der Waals surface area contributed by atoms with Crippen LogP contribution < -0.4 is 0 Å². The van der Waals surface area contributed by atoms with E-state index in [0.29, 0.717) is 6.61 Å². The Balaban J connectivity index is 2.18. The van der Waals surface area contributed by atoms with Gasteiger partial charge in [-0.05, 0) is 12.8 Å². The molecule has 0 radical (unpaired) electrons. The molecule has 0 aromatic heterocycles. The number of hydrogen-bond donors (Lipinski definition) is 1. The second kappa shape index (κ2) is 11.4. The Morgan fingerprint density at radius 1 is 1.00 bits per heavy atom. The zero-order valence-electron chi connectivity index (χ0n) is 14.4. The van der Waals surface area contributed by atoms with Crippen LogP contribution in [0.2, 0.25) is 0 Å². The molecule has 1 heterocycles. The molecule has 0 spiro atoms. The van der Waals surface area contributed by atoms with Crippen molar-refractivity contribution in [2.75, 3.05) is 13.2 Å². The van der Waals surface area contributed by atoms with E-state index in [1.807, 2.05) is 0 Å². The van der Waals surface area contributed by atoms with Crippen molar-refractivity contribution in [3.05, 3.63) is 0 Å². The molecular weight excluding hydrogens is 264 g/mol. The van der Waals surface area contributed by atoms with Crippen molar-refractivity contribution >= 4 is 0 Å². The van der Waals surface area contributed by atoms with Crippen molar-refractivity contribution in [3.8, 4) is 0 Å². The number of ether oxygens (including phenoxy) is 2. The molecule has 0 aliphatic carbocycles. The van der Waals surface area contributed by atoms with Crippen LogP contribution in [0.5, 0.6) is 0 Å². The third kappa shape index (κ3) is 7.12. The van der Waals surface area contributed by atoms with Crippen molar-refractivity contribution in [1.82, 2.24) is 0 Å². The molecule has 1 fully saturated rings. The summed E-state index contributed by atoms with van der Waals surface area (Å²) in [7, 11) is 0. The van der Waals surface area contributed by atoms with Gasteiger partial charge in [0.15, 0.2) is 0 Å². The summed E-state index contributed by atoms with van der Waals surface area (Å²) >= 11 is 0.